The van der Waals surface area contributed by atoms with E-state index in [1.54, 1.807) is 13.8 Å². The predicted octanol–water partition coefficient (Wildman–Crippen LogP) is 8.60. The Hall–Kier alpha value is -6.65. The van der Waals surface area contributed by atoms with Crippen molar-refractivity contribution < 1.29 is 28.7 Å². The maximum Gasteiger partial charge on any atom is 0.408 e. The van der Waals surface area contributed by atoms with E-state index in [9.17, 15) is 19.2 Å². The number of carbonyl (C=O) groups is 4. The summed E-state index contributed by atoms with van der Waals surface area (Å²) in [7, 11) is 0. The van der Waals surface area contributed by atoms with Gasteiger partial charge in [0.05, 0.1) is 4.75 Å². The minimum absolute atomic E-state index is 0.0482. The maximum absolute atomic E-state index is 14.3. The van der Waals surface area contributed by atoms with E-state index in [2.05, 4.69) is 16.0 Å². The molecular formula is C50H49N3O6S. The van der Waals surface area contributed by atoms with E-state index in [1.807, 2.05) is 182 Å². The van der Waals surface area contributed by atoms with Gasteiger partial charge in [0.1, 0.15) is 25.2 Å². The van der Waals surface area contributed by atoms with Crippen LogP contribution in [0.5, 0.6) is 0 Å². The fraction of sp³-hybridized carbons (Fsp3) is 0.200. The lowest BCUT2D eigenvalue weighted by Crippen LogP contribution is -2.56. The third-order valence-corrected chi connectivity index (χ3v) is 11.6. The summed E-state index contributed by atoms with van der Waals surface area (Å²) < 4.78 is 10.6. The topological polar surface area (TPSA) is 123 Å². The Morgan fingerprint density at radius 3 is 1.45 bits per heavy atom. The fourth-order valence-corrected chi connectivity index (χ4v) is 8.44. The van der Waals surface area contributed by atoms with E-state index in [4.69, 9.17) is 9.47 Å². The lowest BCUT2D eigenvalue weighted by Gasteiger charge is -2.36. The Morgan fingerprint density at radius 2 is 1.00 bits per heavy atom. The van der Waals surface area contributed by atoms with Crippen molar-refractivity contribution >= 4 is 35.6 Å². The number of alkyl carbamates (subject to hydrolysis) is 1. The van der Waals surface area contributed by atoms with Gasteiger partial charge in [0.2, 0.25) is 11.8 Å². The molecule has 0 aromatic heterocycles. The number of esters is 1. The summed E-state index contributed by atoms with van der Waals surface area (Å²) in [6, 6.07) is 55.7. The van der Waals surface area contributed by atoms with Crippen LogP contribution in [0.4, 0.5) is 4.79 Å². The monoisotopic (exact) mass is 819 g/mol. The molecule has 10 heteroatoms. The molecule has 6 aromatic carbocycles. The van der Waals surface area contributed by atoms with E-state index < -0.39 is 59.3 Å². The molecule has 0 fully saturated rings. The molecule has 0 spiro atoms. The van der Waals surface area contributed by atoms with Crippen LogP contribution < -0.4 is 16.0 Å². The molecule has 0 aliphatic rings. The van der Waals surface area contributed by atoms with Gasteiger partial charge in [0, 0.05) is 5.75 Å². The zero-order valence-electron chi connectivity index (χ0n) is 33.6. The zero-order chi connectivity index (χ0) is 42.2. The number of carbonyl (C=O) groups excluding carboxylic acids is 4. The number of benzene rings is 6. The molecular weight excluding hydrogens is 771 g/mol. The number of amides is 3. The van der Waals surface area contributed by atoms with E-state index in [0.29, 0.717) is 0 Å². The Morgan fingerprint density at radius 1 is 0.567 bits per heavy atom. The highest BCUT2D eigenvalue weighted by Crippen LogP contribution is 2.48. The third-order valence-electron chi connectivity index (χ3n) is 9.94. The summed E-state index contributed by atoms with van der Waals surface area (Å²) in [5.41, 5.74) is 5.25. The summed E-state index contributed by atoms with van der Waals surface area (Å²) in [5, 5.41) is 8.41. The first-order valence-corrected chi connectivity index (χ1v) is 20.9. The zero-order valence-corrected chi connectivity index (χ0v) is 34.4. The number of nitrogens with one attached hydrogen (secondary N) is 3. The SMILES string of the molecule is CC(C)[C@H](NC(=O)OC(c1ccccc1)c1ccccc1)C(=O)N[C@H](CSC(c1ccccc1)(c1ccccc1)c1ccccc1)C(=O)NCC(=O)OCc1ccccc1. The first-order chi connectivity index (χ1) is 29.2. The minimum atomic E-state index is -1.15. The predicted molar refractivity (Wildman–Crippen MR) is 236 cm³/mol. The van der Waals surface area contributed by atoms with Crippen molar-refractivity contribution in [2.75, 3.05) is 12.3 Å². The second-order valence-corrected chi connectivity index (χ2v) is 15.7. The number of hydrogen-bond acceptors (Lipinski definition) is 7. The largest absolute Gasteiger partial charge is 0.460 e. The summed E-state index contributed by atoms with van der Waals surface area (Å²) >= 11 is 1.48. The minimum Gasteiger partial charge on any atom is -0.460 e. The second kappa shape index (κ2) is 21.4. The molecule has 306 valence electrons. The summed E-state index contributed by atoms with van der Waals surface area (Å²) in [6.45, 7) is 3.23. The molecule has 6 aromatic rings. The van der Waals surface area contributed by atoms with E-state index in [0.717, 1.165) is 33.4 Å². The molecule has 9 nitrogen and oxygen atoms in total. The van der Waals surface area contributed by atoms with Crippen molar-refractivity contribution in [1.82, 2.24) is 16.0 Å². The molecule has 0 unspecified atom stereocenters. The van der Waals surface area contributed by atoms with Gasteiger partial charge in [0.25, 0.3) is 0 Å². The van der Waals surface area contributed by atoms with Crippen LogP contribution in [0.2, 0.25) is 0 Å². The lowest BCUT2D eigenvalue weighted by molar-refractivity contribution is -0.145. The Bertz CT molecular complexity index is 2130. The van der Waals surface area contributed by atoms with Gasteiger partial charge in [-0.1, -0.05) is 196 Å². The van der Waals surface area contributed by atoms with Crippen molar-refractivity contribution in [2.24, 2.45) is 5.92 Å². The molecule has 0 saturated carbocycles. The van der Waals surface area contributed by atoms with E-state index >= 15 is 0 Å². The first kappa shape index (κ1) is 42.9. The highest BCUT2D eigenvalue weighted by Gasteiger charge is 2.39. The van der Waals surface area contributed by atoms with Crippen LogP contribution in [-0.2, 0) is 35.2 Å². The fourth-order valence-electron chi connectivity index (χ4n) is 6.88. The van der Waals surface area contributed by atoms with Crippen LogP contribution in [0.15, 0.2) is 182 Å². The van der Waals surface area contributed by atoms with E-state index in [1.165, 1.54) is 11.8 Å². The number of thioether (sulfide) groups is 1. The smallest absolute Gasteiger partial charge is 0.408 e. The molecule has 0 aliphatic carbocycles. The molecule has 60 heavy (non-hydrogen) atoms. The maximum atomic E-state index is 14.3. The van der Waals surface area contributed by atoms with Crippen LogP contribution in [0.25, 0.3) is 0 Å². The van der Waals surface area contributed by atoms with E-state index in [-0.39, 0.29) is 12.4 Å². The lowest BCUT2D eigenvalue weighted by atomic mass is 9.84. The Labute approximate surface area is 355 Å². The molecule has 3 N–H and O–H groups in total. The van der Waals surface area contributed by atoms with Gasteiger partial charge in [-0.15, -0.1) is 11.8 Å². The van der Waals surface area contributed by atoms with Crippen molar-refractivity contribution in [3.63, 3.8) is 0 Å². The van der Waals surface area contributed by atoms with Gasteiger partial charge in [-0.2, -0.15) is 0 Å². The van der Waals surface area contributed by atoms with Crippen LogP contribution in [0.1, 0.15) is 53.3 Å². The molecule has 6 rings (SSSR count). The second-order valence-electron chi connectivity index (χ2n) is 14.5. The quantitative estimate of drug-likeness (QED) is 0.0587. The van der Waals surface area contributed by atoms with Crippen LogP contribution >= 0.6 is 11.8 Å². The standard InChI is InChI=1S/C50H49N3O6S/c1-36(2)45(53-49(57)59-46(38-23-11-4-12-24-38)39-25-13-5-14-26-39)48(56)52-43(47(55)51-33-44(54)58-34-37-21-9-3-10-22-37)35-60-50(40-27-15-6-16-28-40,41-29-17-7-18-30-41)42-31-19-8-20-32-42/h3-32,36,43,45-46H,33-35H2,1-2H3,(H,51,55)(H,52,56)(H,53,57)/t43-,45+/m1/s1. The highest BCUT2D eigenvalue weighted by molar-refractivity contribution is 8.00. The molecule has 0 heterocycles. The number of rotatable bonds is 18. The Balaban J connectivity index is 1.26. The third kappa shape index (κ3) is 11.3. The Kier molecular flexibility index (Phi) is 15.3. The van der Waals surface area contributed by atoms with Crippen molar-refractivity contribution in [3.8, 4) is 0 Å². The molecule has 0 aliphatic heterocycles. The summed E-state index contributed by atoms with van der Waals surface area (Å²) in [6.07, 6.45) is -1.53. The van der Waals surface area contributed by atoms with Crippen LogP contribution in [0.3, 0.4) is 0 Å². The molecule has 2 atom stereocenters. The summed E-state index contributed by atoms with van der Waals surface area (Å²) in [5.74, 6) is -2.13. The van der Waals surface area contributed by atoms with Crippen molar-refractivity contribution in [3.05, 3.63) is 215 Å². The van der Waals surface area contributed by atoms with Crippen LogP contribution in [-0.4, -0.2) is 48.3 Å². The number of ether oxygens (including phenoxy) is 2. The average molecular weight is 820 g/mol. The highest BCUT2D eigenvalue weighted by atomic mass is 32.2. The van der Waals surface area contributed by atoms with Gasteiger partial charge in [-0.25, -0.2) is 4.79 Å². The molecule has 3 amide bonds. The summed E-state index contributed by atoms with van der Waals surface area (Å²) in [4.78, 5) is 55.0. The average Bonchev–Trinajstić information content (AvgIpc) is 3.30. The normalized spacial score (nSPS) is 12.2. The van der Waals surface area contributed by atoms with Gasteiger partial charge in [0.15, 0.2) is 6.10 Å². The van der Waals surface area contributed by atoms with Gasteiger partial charge >= 0.3 is 12.1 Å². The van der Waals surface area contributed by atoms with Gasteiger partial charge in [-0.3, -0.25) is 14.4 Å². The molecule has 0 bridgehead atoms. The molecule has 0 radical (unpaired) electrons. The van der Waals surface area contributed by atoms with Crippen molar-refractivity contribution in [1.29, 1.82) is 0 Å². The van der Waals surface area contributed by atoms with Gasteiger partial charge < -0.3 is 25.4 Å². The van der Waals surface area contributed by atoms with Crippen LogP contribution in [0, 0.1) is 5.92 Å². The molecule has 0 saturated heterocycles. The number of hydrogen-bond donors (Lipinski definition) is 3. The van der Waals surface area contributed by atoms with Crippen molar-refractivity contribution in [2.45, 2.75) is 43.4 Å². The first-order valence-electron chi connectivity index (χ1n) is 19.9. The van der Waals surface area contributed by atoms with Gasteiger partial charge in [-0.05, 0) is 39.3 Å².